The Bertz CT molecular complexity index is 532. The fraction of sp³-hybridized carbons (Fsp3) is 0.611. The highest BCUT2D eigenvalue weighted by Crippen LogP contribution is 2.15. The van der Waals surface area contributed by atoms with Crippen molar-refractivity contribution in [3.05, 3.63) is 35.4 Å². The van der Waals surface area contributed by atoms with Crippen molar-refractivity contribution in [2.24, 2.45) is 5.73 Å². The van der Waals surface area contributed by atoms with Gasteiger partial charge in [0.15, 0.2) is 0 Å². The van der Waals surface area contributed by atoms with Crippen LogP contribution < -0.4 is 5.73 Å². The number of rotatable bonds is 3. The molecule has 5 nitrogen and oxygen atoms in total. The Morgan fingerprint density at radius 3 is 2.32 bits per heavy atom. The lowest BCUT2D eigenvalue weighted by molar-refractivity contribution is 0.0709. The number of amides is 1. The minimum Gasteiger partial charge on any atom is -0.337 e. The third kappa shape index (κ3) is 6.12. The van der Waals surface area contributed by atoms with Gasteiger partial charge in [-0.25, -0.2) is 0 Å². The summed E-state index contributed by atoms with van der Waals surface area (Å²) in [6, 6.07) is 8.25. The highest BCUT2D eigenvalue weighted by Gasteiger charge is 2.22. The zero-order valence-corrected chi connectivity index (χ0v) is 16.5. The van der Waals surface area contributed by atoms with Crippen molar-refractivity contribution in [3.8, 4) is 0 Å². The molecule has 3 rings (SSSR count). The molecule has 2 N–H and O–H groups in total. The molecule has 25 heavy (non-hydrogen) atoms. The largest absolute Gasteiger partial charge is 0.337 e. The van der Waals surface area contributed by atoms with Gasteiger partial charge in [0.05, 0.1) is 0 Å². The molecule has 0 spiro atoms. The molecule has 1 amide bonds. The third-order valence-electron chi connectivity index (χ3n) is 4.95. The van der Waals surface area contributed by atoms with Crippen LogP contribution in [0.3, 0.4) is 0 Å². The molecule has 0 aromatic heterocycles. The van der Waals surface area contributed by atoms with Crippen molar-refractivity contribution >= 4 is 30.7 Å². The zero-order chi connectivity index (χ0) is 16.2. The van der Waals surface area contributed by atoms with Gasteiger partial charge >= 0.3 is 0 Å². The molecule has 0 bridgehead atoms. The Labute approximate surface area is 163 Å². The lowest BCUT2D eigenvalue weighted by Crippen LogP contribution is -2.45. The summed E-state index contributed by atoms with van der Waals surface area (Å²) in [6.07, 6.45) is 2.03. The summed E-state index contributed by atoms with van der Waals surface area (Å²) in [4.78, 5) is 19.3. The van der Waals surface area contributed by atoms with Crippen LogP contribution in [0.4, 0.5) is 0 Å². The smallest absolute Gasteiger partial charge is 0.253 e. The molecule has 0 saturated carbocycles. The molecule has 0 aliphatic carbocycles. The first-order valence-corrected chi connectivity index (χ1v) is 8.66. The lowest BCUT2D eigenvalue weighted by atomic mass is 10.0. The summed E-state index contributed by atoms with van der Waals surface area (Å²) < 4.78 is 0. The van der Waals surface area contributed by atoms with E-state index in [9.17, 15) is 4.79 Å². The number of nitrogens with two attached hydrogens (primary N) is 1. The van der Waals surface area contributed by atoms with Crippen LogP contribution >= 0.6 is 24.8 Å². The van der Waals surface area contributed by atoms with Gasteiger partial charge in [0, 0.05) is 57.4 Å². The maximum absolute atomic E-state index is 12.5. The number of piperidine rings is 1. The summed E-state index contributed by atoms with van der Waals surface area (Å²) in [5, 5.41) is 0. The second-order valence-electron chi connectivity index (χ2n) is 6.93. The van der Waals surface area contributed by atoms with E-state index in [-0.39, 0.29) is 36.8 Å². The number of carbonyl (C=O) groups is 1. The van der Waals surface area contributed by atoms with Gasteiger partial charge < -0.3 is 15.5 Å². The molecule has 2 aliphatic rings. The highest BCUT2D eigenvalue weighted by atomic mass is 35.5. The predicted molar refractivity (Wildman–Crippen MR) is 107 cm³/mol. The van der Waals surface area contributed by atoms with Crippen molar-refractivity contribution < 1.29 is 4.79 Å². The normalized spacial score (nSPS) is 22.0. The van der Waals surface area contributed by atoms with E-state index in [4.69, 9.17) is 5.73 Å². The van der Waals surface area contributed by atoms with Gasteiger partial charge in [-0.15, -0.1) is 24.8 Å². The molecular formula is C18H30Cl2N4O. The summed E-state index contributed by atoms with van der Waals surface area (Å²) >= 11 is 0. The van der Waals surface area contributed by atoms with E-state index in [1.807, 2.05) is 17.0 Å². The van der Waals surface area contributed by atoms with Gasteiger partial charge in [-0.05, 0) is 37.6 Å². The number of hydrogen-bond donors (Lipinski definition) is 1. The minimum absolute atomic E-state index is 0. The van der Waals surface area contributed by atoms with Crippen LogP contribution in [0, 0.1) is 0 Å². The fourth-order valence-corrected chi connectivity index (χ4v) is 3.39. The second-order valence-corrected chi connectivity index (χ2v) is 6.93. The fourth-order valence-electron chi connectivity index (χ4n) is 3.39. The van der Waals surface area contributed by atoms with Gasteiger partial charge in [-0.1, -0.05) is 12.1 Å². The molecule has 1 atom stereocenters. The van der Waals surface area contributed by atoms with Gasteiger partial charge in [0.2, 0.25) is 0 Å². The zero-order valence-electron chi connectivity index (χ0n) is 14.9. The summed E-state index contributed by atoms with van der Waals surface area (Å²) in [7, 11) is 2.17. The summed E-state index contributed by atoms with van der Waals surface area (Å²) in [6.45, 7) is 6.97. The molecule has 1 aromatic carbocycles. The standard InChI is InChI=1S/C18H28N4O.2ClH/c1-20-9-11-21(12-10-20)13-15-4-6-16(7-5-15)18(23)22-8-2-3-17(19)14-22;;/h4-7,17H,2-3,8-14,19H2,1H3;2*1H. The van der Waals surface area contributed by atoms with Crippen LogP contribution in [0.2, 0.25) is 0 Å². The lowest BCUT2D eigenvalue weighted by Gasteiger charge is -2.32. The Hall–Kier alpha value is -0.850. The molecule has 1 aromatic rings. The monoisotopic (exact) mass is 388 g/mol. The molecule has 7 heteroatoms. The number of benzene rings is 1. The Morgan fingerprint density at radius 2 is 1.72 bits per heavy atom. The van der Waals surface area contributed by atoms with E-state index in [0.717, 1.165) is 57.7 Å². The SMILES string of the molecule is CN1CCN(Cc2ccc(C(=O)N3CCCC(N)C3)cc2)CC1.Cl.Cl. The molecule has 2 heterocycles. The molecule has 2 aliphatic heterocycles. The Balaban J connectivity index is 0.00000156. The third-order valence-corrected chi connectivity index (χ3v) is 4.95. The van der Waals surface area contributed by atoms with E-state index in [2.05, 4.69) is 29.0 Å². The number of likely N-dealkylation sites (N-methyl/N-ethyl adjacent to an activating group) is 1. The predicted octanol–water partition coefficient (Wildman–Crippen LogP) is 1.84. The molecule has 1 unspecified atom stereocenters. The average Bonchev–Trinajstić information content (AvgIpc) is 2.57. The maximum Gasteiger partial charge on any atom is 0.253 e. The Kier molecular flexibility index (Phi) is 9.17. The average molecular weight is 389 g/mol. The van der Waals surface area contributed by atoms with Crippen LogP contribution in [0.25, 0.3) is 0 Å². The highest BCUT2D eigenvalue weighted by molar-refractivity contribution is 5.94. The molecule has 2 saturated heterocycles. The molecule has 2 fully saturated rings. The topological polar surface area (TPSA) is 52.8 Å². The number of likely N-dealkylation sites (tertiary alicyclic amines) is 1. The van der Waals surface area contributed by atoms with Crippen molar-refractivity contribution in [1.82, 2.24) is 14.7 Å². The molecule has 142 valence electrons. The van der Waals surface area contributed by atoms with E-state index in [1.54, 1.807) is 0 Å². The number of piperazine rings is 1. The van der Waals surface area contributed by atoms with Crippen LogP contribution in [0.1, 0.15) is 28.8 Å². The van der Waals surface area contributed by atoms with Crippen LogP contribution in [0.15, 0.2) is 24.3 Å². The number of halogens is 2. The second kappa shape index (κ2) is 10.3. The van der Waals surface area contributed by atoms with Gasteiger partial charge in [0.1, 0.15) is 0 Å². The van der Waals surface area contributed by atoms with E-state index >= 15 is 0 Å². The van der Waals surface area contributed by atoms with Gasteiger partial charge in [-0.2, -0.15) is 0 Å². The summed E-state index contributed by atoms with van der Waals surface area (Å²) in [5.74, 6) is 0.117. The van der Waals surface area contributed by atoms with E-state index < -0.39 is 0 Å². The maximum atomic E-state index is 12.5. The first-order chi connectivity index (χ1) is 11.1. The van der Waals surface area contributed by atoms with E-state index in [1.165, 1.54) is 5.56 Å². The van der Waals surface area contributed by atoms with Crippen LogP contribution in [-0.4, -0.2) is 73.0 Å². The van der Waals surface area contributed by atoms with Crippen molar-refractivity contribution in [1.29, 1.82) is 0 Å². The van der Waals surface area contributed by atoms with Gasteiger partial charge in [-0.3, -0.25) is 9.69 Å². The summed E-state index contributed by atoms with van der Waals surface area (Å²) in [5.41, 5.74) is 8.03. The van der Waals surface area contributed by atoms with E-state index in [0.29, 0.717) is 6.54 Å². The first-order valence-electron chi connectivity index (χ1n) is 8.66. The molecule has 0 radical (unpaired) electrons. The first kappa shape index (κ1) is 22.2. The van der Waals surface area contributed by atoms with Gasteiger partial charge in [0.25, 0.3) is 5.91 Å². The quantitative estimate of drug-likeness (QED) is 0.857. The van der Waals surface area contributed by atoms with Crippen LogP contribution in [-0.2, 0) is 6.54 Å². The Morgan fingerprint density at radius 1 is 1.08 bits per heavy atom. The number of nitrogens with zero attached hydrogens (tertiary/aromatic N) is 3. The number of hydrogen-bond acceptors (Lipinski definition) is 4. The van der Waals surface area contributed by atoms with Crippen molar-refractivity contribution in [3.63, 3.8) is 0 Å². The van der Waals surface area contributed by atoms with Crippen molar-refractivity contribution in [2.45, 2.75) is 25.4 Å². The minimum atomic E-state index is 0. The molecular weight excluding hydrogens is 359 g/mol. The number of carbonyl (C=O) groups excluding carboxylic acids is 1. The van der Waals surface area contributed by atoms with Crippen LogP contribution in [0.5, 0.6) is 0 Å². The van der Waals surface area contributed by atoms with Crippen molar-refractivity contribution in [2.75, 3.05) is 46.3 Å².